The first-order valence-electron chi connectivity index (χ1n) is 8.02. The molecule has 0 amide bonds. The van der Waals surface area contributed by atoms with E-state index in [1.54, 1.807) is 14.1 Å². The zero-order valence-electron chi connectivity index (χ0n) is 13.5. The lowest BCUT2D eigenvalue weighted by molar-refractivity contribution is -0.840. The number of benzene rings is 2. The van der Waals surface area contributed by atoms with Crippen molar-refractivity contribution in [3.05, 3.63) is 64.9 Å². The number of hydroxylamine groups is 3. The van der Waals surface area contributed by atoms with Crippen molar-refractivity contribution in [2.24, 2.45) is 0 Å². The third-order valence-electron chi connectivity index (χ3n) is 4.31. The summed E-state index contributed by atoms with van der Waals surface area (Å²) < 4.78 is -0.225. The Balaban J connectivity index is 1.92. The number of hydrogen-bond acceptors (Lipinski definition) is 2. The maximum absolute atomic E-state index is 11.8. The number of quaternary nitrogens is 1. The Labute approximate surface area is 133 Å². The van der Waals surface area contributed by atoms with Crippen LogP contribution in [0.2, 0.25) is 0 Å². The summed E-state index contributed by atoms with van der Waals surface area (Å²) in [5, 5.41) is 11.8. The van der Waals surface area contributed by atoms with Crippen LogP contribution in [0.3, 0.4) is 0 Å². The summed E-state index contributed by atoms with van der Waals surface area (Å²) in [5.74, 6) is 0. The van der Waals surface area contributed by atoms with Crippen molar-refractivity contribution in [3.63, 3.8) is 0 Å². The molecule has 0 atom stereocenters. The van der Waals surface area contributed by atoms with Gasteiger partial charge in [0, 0.05) is 24.3 Å². The van der Waals surface area contributed by atoms with Crippen LogP contribution in [-0.4, -0.2) is 31.8 Å². The van der Waals surface area contributed by atoms with Crippen LogP contribution in [0.25, 0.3) is 0 Å². The van der Waals surface area contributed by atoms with Crippen molar-refractivity contribution in [2.75, 3.05) is 32.1 Å². The van der Waals surface area contributed by atoms with Crippen LogP contribution in [0.15, 0.2) is 48.5 Å². The van der Waals surface area contributed by atoms with Crippen molar-refractivity contribution in [2.45, 2.75) is 19.3 Å². The minimum absolute atomic E-state index is 0.225. The van der Waals surface area contributed by atoms with Crippen LogP contribution in [0.4, 0.5) is 11.4 Å². The molecule has 2 aromatic rings. The molecule has 2 aromatic carbocycles. The van der Waals surface area contributed by atoms with Gasteiger partial charge in [0.05, 0.1) is 20.6 Å². The van der Waals surface area contributed by atoms with Crippen LogP contribution in [0.5, 0.6) is 0 Å². The maximum atomic E-state index is 11.8. The van der Waals surface area contributed by atoms with E-state index in [9.17, 15) is 5.21 Å². The van der Waals surface area contributed by atoms with Gasteiger partial charge < -0.3 is 14.8 Å². The molecule has 3 rings (SSSR count). The first-order valence-corrected chi connectivity index (χ1v) is 8.02. The number of aryl methyl sites for hydroxylation is 2. The maximum Gasteiger partial charge on any atom is 0.0797 e. The molecule has 0 N–H and O–H groups in total. The first-order chi connectivity index (χ1) is 10.5. The minimum atomic E-state index is -0.225. The van der Waals surface area contributed by atoms with Gasteiger partial charge in [-0.2, -0.15) is 0 Å². The molecule has 0 saturated heterocycles. The SMILES string of the molecule is C[N+](C)([O-])CCCN1c2ccccc2CCc2ccccc21. The van der Waals surface area contributed by atoms with Crippen LogP contribution in [0.1, 0.15) is 17.5 Å². The van der Waals surface area contributed by atoms with Crippen molar-refractivity contribution < 1.29 is 4.65 Å². The van der Waals surface area contributed by atoms with Crippen LogP contribution < -0.4 is 4.90 Å². The Morgan fingerprint density at radius 1 is 0.909 bits per heavy atom. The van der Waals surface area contributed by atoms with E-state index in [-0.39, 0.29) is 4.65 Å². The van der Waals surface area contributed by atoms with Gasteiger partial charge in [-0.25, -0.2) is 0 Å². The predicted octanol–water partition coefficient (Wildman–Crippen LogP) is 3.89. The van der Waals surface area contributed by atoms with E-state index in [0.29, 0.717) is 6.54 Å². The number of para-hydroxylation sites is 2. The number of rotatable bonds is 4. The molecule has 0 unspecified atom stereocenters. The summed E-state index contributed by atoms with van der Waals surface area (Å²) >= 11 is 0. The van der Waals surface area contributed by atoms with E-state index in [1.807, 2.05) is 0 Å². The second-order valence-corrected chi connectivity index (χ2v) is 6.56. The summed E-state index contributed by atoms with van der Waals surface area (Å²) in [6.07, 6.45) is 3.04. The second-order valence-electron chi connectivity index (χ2n) is 6.56. The molecule has 1 heterocycles. The standard InChI is InChI=1S/C19H24N2O/c1-21(2,22)15-7-14-20-18-10-5-3-8-16(18)12-13-17-9-4-6-11-19(17)20/h3-6,8-11H,7,12-15H2,1-2H3. The van der Waals surface area contributed by atoms with Gasteiger partial charge >= 0.3 is 0 Å². The number of anilines is 2. The molecule has 3 nitrogen and oxygen atoms in total. The Morgan fingerprint density at radius 2 is 1.41 bits per heavy atom. The lowest BCUT2D eigenvalue weighted by atomic mass is 10.0. The fourth-order valence-electron chi connectivity index (χ4n) is 3.22. The number of hydrogen-bond donors (Lipinski definition) is 0. The lowest BCUT2D eigenvalue weighted by Gasteiger charge is -2.35. The number of fused-ring (bicyclic) bond motifs is 2. The third-order valence-corrected chi connectivity index (χ3v) is 4.31. The Hall–Kier alpha value is -1.84. The summed E-state index contributed by atoms with van der Waals surface area (Å²) in [7, 11) is 3.43. The molecule has 0 aromatic heterocycles. The summed E-state index contributed by atoms with van der Waals surface area (Å²) in [4.78, 5) is 2.40. The molecule has 0 saturated carbocycles. The predicted molar refractivity (Wildman–Crippen MR) is 92.3 cm³/mol. The molecule has 0 bridgehead atoms. The highest BCUT2D eigenvalue weighted by Gasteiger charge is 2.20. The minimum Gasteiger partial charge on any atom is -0.633 e. The molecule has 1 aliphatic rings. The van der Waals surface area contributed by atoms with E-state index in [0.717, 1.165) is 25.8 Å². The molecule has 22 heavy (non-hydrogen) atoms. The molecular weight excluding hydrogens is 272 g/mol. The highest BCUT2D eigenvalue weighted by molar-refractivity contribution is 5.71. The third kappa shape index (κ3) is 3.32. The number of nitrogens with zero attached hydrogens (tertiary/aromatic N) is 2. The highest BCUT2D eigenvalue weighted by atomic mass is 16.5. The monoisotopic (exact) mass is 296 g/mol. The van der Waals surface area contributed by atoms with Gasteiger partial charge in [0.2, 0.25) is 0 Å². The zero-order chi connectivity index (χ0) is 15.6. The van der Waals surface area contributed by atoms with Gasteiger partial charge in [-0.3, -0.25) is 0 Å². The van der Waals surface area contributed by atoms with E-state index in [4.69, 9.17) is 0 Å². The quantitative estimate of drug-likeness (QED) is 0.632. The molecule has 0 radical (unpaired) electrons. The highest BCUT2D eigenvalue weighted by Crippen LogP contribution is 2.35. The smallest absolute Gasteiger partial charge is 0.0797 e. The van der Waals surface area contributed by atoms with Crippen molar-refractivity contribution >= 4 is 11.4 Å². The van der Waals surface area contributed by atoms with Gasteiger partial charge in [0.1, 0.15) is 0 Å². The second kappa shape index (κ2) is 6.11. The summed E-state index contributed by atoms with van der Waals surface area (Å²) in [5.41, 5.74) is 5.39. The Morgan fingerprint density at radius 3 is 1.91 bits per heavy atom. The van der Waals surface area contributed by atoms with Crippen molar-refractivity contribution in [3.8, 4) is 0 Å². The fraction of sp³-hybridized carbons (Fsp3) is 0.368. The van der Waals surface area contributed by atoms with Crippen LogP contribution in [-0.2, 0) is 12.8 Å². The van der Waals surface area contributed by atoms with Crippen molar-refractivity contribution in [1.29, 1.82) is 0 Å². The Bertz CT molecular complexity index is 598. The summed E-state index contributed by atoms with van der Waals surface area (Å²) in [6, 6.07) is 17.3. The zero-order valence-corrected chi connectivity index (χ0v) is 13.5. The molecule has 3 heteroatoms. The normalized spacial score (nSPS) is 14.2. The van der Waals surface area contributed by atoms with Gasteiger partial charge in [-0.1, -0.05) is 36.4 Å². The van der Waals surface area contributed by atoms with E-state index in [1.165, 1.54) is 22.5 Å². The van der Waals surface area contributed by atoms with Gasteiger partial charge in [0.25, 0.3) is 0 Å². The molecule has 116 valence electrons. The van der Waals surface area contributed by atoms with Crippen molar-refractivity contribution in [1.82, 2.24) is 0 Å². The van der Waals surface area contributed by atoms with E-state index >= 15 is 0 Å². The molecule has 0 aliphatic carbocycles. The Kier molecular flexibility index (Phi) is 4.19. The topological polar surface area (TPSA) is 26.3 Å². The molecule has 1 aliphatic heterocycles. The first kappa shape index (κ1) is 15.1. The lowest BCUT2D eigenvalue weighted by Crippen LogP contribution is -2.35. The largest absolute Gasteiger partial charge is 0.633 e. The fourth-order valence-corrected chi connectivity index (χ4v) is 3.22. The molecular formula is C19H24N2O. The van der Waals surface area contributed by atoms with Gasteiger partial charge in [0.15, 0.2) is 0 Å². The average Bonchev–Trinajstić information content (AvgIpc) is 2.64. The average molecular weight is 296 g/mol. The van der Waals surface area contributed by atoms with Gasteiger partial charge in [-0.15, -0.1) is 0 Å². The van der Waals surface area contributed by atoms with Gasteiger partial charge in [-0.05, 0) is 36.1 Å². The molecule has 0 fully saturated rings. The van der Waals surface area contributed by atoms with E-state index in [2.05, 4.69) is 53.4 Å². The van der Waals surface area contributed by atoms with Crippen LogP contribution >= 0.6 is 0 Å². The summed E-state index contributed by atoms with van der Waals surface area (Å²) in [6.45, 7) is 1.53. The molecule has 0 spiro atoms. The van der Waals surface area contributed by atoms with Crippen LogP contribution in [0, 0.1) is 5.21 Å². The van der Waals surface area contributed by atoms with E-state index < -0.39 is 0 Å².